The van der Waals surface area contributed by atoms with Crippen LogP contribution in [0.5, 0.6) is 0 Å². The molecular weight excluding hydrogens is 528 g/mol. The van der Waals surface area contributed by atoms with E-state index >= 15 is 0 Å². The van der Waals surface area contributed by atoms with E-state index in [2.05, 4.69) is 15.4 Å². The van der Waals surface area contributed by atoms with Gasteiger partial charge in [-0.25, -0.2) is 14.4 Å². The Morgan fingerprint density at radius 3 is 2.72 bits per heavy atom. The minimum atomic E-state index is -1.04. The number of ether oxygens (including phenoxy) is 3. The largest absolute Gasteiger partial charge is 0.465 e. The molecule has 1 aromatic rings. The van der Waals surface area contributed by atoms with Gasteiger partial charge >= 0.3 is 18.2 Å². The minimum Gasteiger partial charge on any atom is -0.465 e. The number of nitrogens with one attached hydrogen (secondary N) is 2. The Morgan fingerprint density at radius 1 is 1.28 bits per heavy atom. The lowest BCUT2D eigenvalue weighted by Gasteiger charge is -2.32. The van der Waals surface area contributed by atoms with E-state index in [4.69, 9.17) is 21.1 Å². The van der Waals surface area contributed by atoms with E-state index < -0.39 is 12.2 Å². The summed E-state index contributed by atoms with van der Waals surface area (Å²) in [5.74, 6) is 0.269. The van der Waals surface area contributed by atoms with E-state index in [1.807, 2.05) is 25.1 Å². The summed E-state index contributed by atoms with van der Waals surface area (Å²) in [4.78, 5) is 39.2. The van der Waals surface area contributed by atoms with Gasteiger partial charge < -0.3 is 39.8 Å². The second kappa shape index (κ2) is 17.8. The summed E-state index contributed by atoms with van der Waals surface area (Å²) >= 11 is 6.22. The summed E-state index contributed by atoms with van der Waals surface area (Å²) in [6.07, 6.45) is 1.92. The molecule has 4 amide bonds. The lowest BCUT2D eigenvalue weighted by molar-refractivity contribution is 0.0413. The molecule has 1 aliphatic rings. The summed E-state index contributed by atoms with van der Waals surface area (Å²) < 4.78 is 16.3. The molecule has 12 heteroatoms. The number of urea groups is 1. The van der Waals surface area contributed by atoms with Gasteiger partial charge in [0.25, 0.3) is 0 Å². The molecule has 2 rings (SSSR count). The van der Waals surface area contributed by atoms with Crippen LogP contribution in [0.1, 0.15) is 50.7 Å². The topological polar surface area (TPSA) is 130 Å². The zero-order valence-electron chi connectivity index (χ0n) is 23.2. The van der Waals surface area contributed by atoms with E-state index in [0.717, 1.165) is 31.4 Å². The van der Waals surface area contributed by atoms with Crippen molar-refractivity contribution in [3.8, 4) is 0 Å². The van der Waals surface area contributed by atoms with E-state index in [9.17, 15) is 19.5 Å². The fourth-order valence-electron chi connectivity index (χ4n) is 4.59. The maximum Gasteiger partial charge on any atom is 0.407 e. The Hall–Kier alpha value is -2.76. The first-order valence-corrected chi connectivity index (χ1v) is 13.9. The number of halogens is 1. The fraction of sp³-hybridized carbons (Fsp3) is 0.667. The predicted molar refractivity (Wildman–Crippen MR) is 148 cm³/mol. The zero-order chi connectivity index (χ0) is 28.6. The van der Waals surface area contributed by atoms with Crippen molar-refractivity contribution in [3.63, 3.8) is 0 Å². The number of likely N-dealkylation sites (N-methyl/N-ethyl adjacent to an activating group) is 1. The number of methoxy groups -OCH3 is 1. The van der Waals surface area contributed by atoms with E-state index in [1.165, 1.54) is 19.1 Å². The van der Waals surface area contributed by atoms with Gasteiger partial charge in [0.1, 0.15) is 0 Å². The normalized spacial score (nSPS) is 16.6. The van der Waals surface area contributed by atoms with Crippen LogP contribution in [0.25, 0.3) is 0 Å². The highest BCUT2D eigenvalue weighted by molar-refractivity contribution is 6.30. The van der Waals surface area contributed by atoms with Crippen molar-refractivity contribution in [2.75, 3.05) is 60.2 Å². The Kier molecular flexibility index (Phi) is 14.8. The number of carbonyl (C=O) groups is 3. The first-order chi connectivity index (χ1) is 18.7. The SMILES string of the molecule is CCCN(CCC(OCCNC(=O)OC)c1cccc(Cl)c1)C(=O)NC(C[C@H]1CCCOC1)CN(C)C(=O)O. The predicted octanol–water partition coefficient (Wildman–Crippen LogP) is 4.36. The van der Waals surface area contributed by atoms with Gasteiger partial charge in [-0.2, -0.15) is 0 Å². The molecule has 1 heterocycles. The molecule has 3 N–H and O–H groups in total. The smallest absolute Gasteiger partial charge is 0.407 e. The number of hydrogen-bond acceptors (Lipinski definition) is 6. The molecule has 0 radical (unpaired) electrons. The molecule has 0 saturated carbocycles. The molecule has 0 aliphatic carbocycles. The highest BCUT2D eigenvalue weighted by Gasteiger charge is 2.26. The van der Waals surface area contributed by atoms with E-state index in [1.54, 1.807) is 11.0 Å². The summed E-state index contributed by atoms with van der Waals surface area (Å²) in [5.41, 5.74) is 0.871. The summed E-state index contributed by atoms with van der Waals surface area (Å²) in [6.45, 7) is 5.01. The fourth-order valence-corrected chi connectivity index (χ4v) is 4.79. The third-order valence-electron chi connectivity index (χ3n) is 6.56. The van der Waals surface area contributed by atoms with Crippen LogP contribution in [0, 0.1) is 5.92 Å². The standard InChI is InChI=1S/C27H43ClN4O7/c1-4-12-32(25(33)30-23(18-31(2)27(35)36)16-20-7-6-14-38-19-20)13-10-24(21-8-5-9-22(28)17-21)39-15-11-29-26(34)37-3/h5,8-9,17,20,23-24H,4,6-7,10-16,18-19H2,1-3H3,(H,29,34)(H,30,33)(H,35,36)/t20-,23?,24?/m1/s1. The van der Waals surface area contributed by atoms with Gasteiger partial charge in [0.15, 0.2) is 0 Å². The molecule has 1 aromatic carbocycles. The number of carboxylic acid groups (broad SMARTS) is 1. The first kappa shape index (κ1) is 32.5. The van der Waals surface area contributed by atoms with Crippen molar-refractivity contribution in [1.82, 2.24) is 20.4 Å². The number of benzene rings is 1. The lowest BCUT2D eigenvalue weighted by Crippen LogP contribution is -2.50. The molecule has 0 aromatic heterocycles. The average molecular weight is 571 g/mol. The van der Waals surface area contributed by atoms with Crippen LogP contribution in [0.4, 0.5) is 14.4 Å². The third kappa shape index (κ3) is 12.3. The second-order valence-corrected chi connectivity index (χ2v) is 10.2. The zero-order valence-corrected chi connectivity index (χ0v) is 24.0. The summed E-state index contributed by atoms with van der Waals surface area (Å²) in [6, 6.07) is 6.79. The summed E-state index contributed by atoms with van der Waals surface area (Å²) in [7, 11) is 2.80. The molecule has 0 spiro atoms. The number of amides is 4. The quantitative estimate of drug-likeness (QED) is 0.267. The number of nitrogens with zero attached hydrogens (tertiary/aromatic N) is 2. The second-order valence-electron chi connectivity index (χ2n) is 9.74. The maximum absolute atomic E-state index is 13.4. The number of rotatable bonds is 15. The van der Waals surface area contributed by atoms with E-state index in [0.29, 0.717) is 37.6 Å². The summed E-state index contributed by atoms with van der Waals surface area (Å²) in [5, 5.41) is 15.6. The van der Waals surface area contributed by atoms with Crippen molar-refractivity contribution in [2.24, 2.45) is 5.92 Å². The monoisotopic (exact) mass is 570 g/mol. The van der Waals surface area contributed by atoms with Crippen LogP contribution >= 0.6 is 11.6 Å². The van der Waals surface area contributed by atoms with Crippen LogP contribution < -0.4 is 10.6 Å². The third-order valence-corrected chi connectivity index (χ3v) is 6.79. The molecule has 1 aliphatic heterocycles. The Labute approximate surface area is 236 Å². The highest BCUT2D eigenvalue weighted by atomic mass is 35.5. The van der Waals surface area contributed by atoms with Gasteiger partial charge in [0, 0.05) is 57.5 Å². The van der Waals surface area contributed by atoms with Gasteiger partial charge in [0.05, 0.1) is 19.8 Å². The molecule has 39 heavy (non-hydrogen) atoms. The van der Waals surface area contributed by atoms with Crippen LogP contribution in [-0.2, 0) is 14.2 Å². The number of carbonyl (C=O) groups excluding carboxylic acids is 2. The average Bonchev–Trinajstić information content (AvgIpc) is 2.92. The van der Waals surface area contributed by atoms with Gasteiger partial charge in [-0.15, -0.1) is 0 Å². The van der Waals surface area contributed by atoms with Gasteiger partial charge in [-0.05, 0) is 55.7 Å². The molecule has 1 saturated heterocycles. The number of alkyl carbamates (subject to hydrolysis) is 1. The van der Waals surface area contributed by atoms with Crippen LogP contribution in [0.3, 0.4) is 0 Å². The highest BCUT2D eigenvalue weighted by Crippen LogP contribution is 2.25. The molecule has 0 bridgehead atoms. The molecule has 3 atom stereocenters. The molecule has 11 nitrogen and oxygen atoms in total. The van der Waals surface area contributed by atoms with Crippen molar-refractivity contribution in [2.45, 2.75) is 51.2 Å². The molecular formula is C27H43ClN4O7. The van der Waals surface area contributed by atoms with Gasteiger partial charge in [0.2, 0.25) is 0 Å². The van der Waals surface area contributed by atoms with Crippen LogP contribution in [0.2, 0.25) is 5.02 Å². The first-order valence-electron chi connectivity index (χ1n) is 13.5. The van der Waals surface area contributed by atoms with Crippen LogP contribution in [-0.4, -0.2) is 99.3 Å². The molecule has 2 unspecified atom stereocenters. The van der Waals surface area contributed by atoms with Crippen molar-refractivity contribution < 1.29 is 33.7 Å². The Morgan fingerprint density at radius 2 is 2.08 bits per heavy atom. The molecule has 220 valence electrons. The minimum absolute atomic E-state index is 0.193. The number of hydrogen-bond donors (Lipinski definition) is 3. The van der Waals surface area contributed by atoms with Gasteiger partial charge in [-0.3, -0.25) is 0 Å². The Bertz CT molecular complexity index is 901. The maximum atomic E-state index is 13.4. The Balaban J connectivity index is 2.06. The van der Waals surface area contributed by atoms with Crippen LogP contribution in [0.15, 0.2) is 24.3 Å². The van der Waals surface area contributed by atoms with Crippen molar-refractivity contribution in [1.29, 1.82) is 0 Å². The van der Waals surface area contributed by atoms with Crippen molar-refractivity contribution >= 4 is 29.8 Å². The van der Waals surface area contributed by atoms with E-state index in [-0.39, 0.29) is 43.8 Å². The van der Waals surface area contributed by atoms with Crippen molar-refractivity contribution in [3.05, 3.63) is 34.9 Å². The molecule has 1 fully saturated rings. The van der Waals surface area contributed by atoms with Gasteiger partial charge in [-0.1, -0.05) is 30.7 Å². The lowest BCUT2D eigenvalue weighted by atomic mass is 9.94.